The Kier molecular flexibility index (Phi) is 5.16. The molecule has 1 atom stereocenters. The molecule has 0 aromatic rings. The average molecular weight is 326 g/mol. The molecule has 7 nitrogen and oxygen atoms in total. The number of nitrogens with zero attached hydrogens (tertiary/aromatic N) is 2. The number of piperidine rings is 1. The molecule has 7 heteroatoms. The number of hydrogen-bond donors (Lipinski definition) is 0. The van der Waals surface area contributed by atoms with E-state index in [9.17, 15) is 14.4 Å². The third-order valence-electron chi connectivity index (χ3n) is 4.25. The second-order valence-electron chi connectivity index (χ2n) is 7.17. The molecule has 2 aliphatic heterocycles. The van der Waals surface area contributed by atoms with Gasteiger partial charge >= 0.3 is 12.1 Å². The third kappa shape index (κ3) is 4.36. The van der Waals surface area contributed by atoms with Crippen LogP contribution in [-0.4, -0.2) is 66.2 Å². The van der Waals surface area contributed by atoms with Crippen molar-refractivity contribution in [3.8, 4) is 0 Å². The second-order valence-corrected chi connectivity index (χ2v) is 7.17. The quantitative estimate of drug-likeness (QED) is 0.717. The van der Waals surface area contributed by atoms with Crippen molar-refractivity contribution in [2.24, 2.45) is 5.92 Å². The lowest BCUT2D eigenvalue weighted by Crippen LogP contribution is -2.48. The zero-order chi connectivity index (χ0) is 17.2. The number of methoxy groups -OCH3 is 1. The van der Waals surface area contributed by atoms with Crippen molar-refractivity contribution in [2.45, 2.75) is 51.7 Å². The van der Waals surface area contributed by atoms with Gasteiger partial charge < -0.3 is 19.3 Å². The van der Waals surface area contributed by atoms with Crippen molar-refractivity contribution in [3.63, 3.8) is 0 Å². The first-order valence-electron chi connectivity index (χ1n) is 8.06. The maximum Gasteiger partial charge on any atom is 0.410 e. The summed E-state index contributed by atoms with van der Waals surface area (Å²) < 4.78 is 10.1. The van der Waals surface area contributed by atoms with Crippen molar-refractivity contribution < 1.29 is 23.9 Å². The van der Waals surface area contributed by atoms with Gasteiger partial charge in [-0.25, -0.2) is 4.79 Å². The van der Waals surface area contributed by atoms with Crippen LogP contribution in [0.25, 0.3) is 0 Å². The molecule has 0 aliphatic carbocycles. The van der Waals surface area contributed by atoms with Crippen LogP contribution in [0.15, 0.2) is 0 Å². The summed E-state index contributed by atoms with van der Waals surface area (Å²) >= 11 is 0. The van der Waals surface area contributed by atoms with Gasteiger partial charge in [0.1, 0.15) is 5.60 Å². The summed E-state index contributed by atoms with van der Waals surface area (Å²) in [4.78, 5) is 39.2. The number of rotatable bonds is 2. The summed E-state index contributed by atoms with van der Waals surface area (Å²) in [5.41, 5.74) is -0.507. The Labute approximate surface area is 136 Å². The molecule has 2 fully saturated rings. The maximum absolute atomic E-state index is 12.1. The summed E-state index contributed by atoms with van der Waals surface area (Å²) in [5.74, 6) is -0.695. The standard InChI is InChI=1S/C16H26N2O5/c1-16(2,3)23-15(21)17-7-5-12(6-8-17)18-10-11(9-13(18)19)14(20)22-4/h11-12H,5-10H2,1-4H3. The Morgan fingerprint density at radius 2 is 1.78 bits per heavy atom. The van der Waals surface area contributed by atoms with Gasteiger partial charge in [-0.2, -0.15) is 0 Å². The van der Waals surface area contributed by atoms with Gasteiger partial charge in [0.15, 0.2) is 0 Å². The Balaban J connectivity index is 1.86. The second kappa shape index (κ2) is 6.76. The van der Waals surface area contributed by atoms with E-state index in [1.165, 1.54) is 7.11 Å². The monoisotopic (exact) mass is 326 g/mol. The molecule has 2 aliphatic rings. The number of amides is 2. The molecule has 0 bridgehead atoms. The lowest BCUT2D eigenvalue weighted by Gasteiger charge is -2.37. The summed E-state index contributed by atoms with van der Waals surface area (Å²) in [6.07, 6.45) is 1.33. The van der Waals surface area contributed by atoms with Gasteiger partial charge in [-0.05, 0) is 33.6 Å². The molecule has 0 aromatic heterocycles. The first-order chi connectivity index (χ1) is 10.7. The first-order valence-corrected chi connectivity index (χ1v) is 8.06. The number of likely N-dealkylation sites (tertiary alicyclic amines) is 2. The predicted molar refractivity (Wildman–Crippen MR) is 82.7 cm³/mol. The highest BCUT2D eigenvalue weighted by Gasteiger charge is 2.40. The molecular formula is C16H26N2O5. The minimum Gasteiger partial charge on any atom is -0.469 e. The molecule has 0 spiro atoms. The Morgan fingerprint density at radius 1 is 1.17 bits per heavy atom. The van der Waals surface area contributed by atoms with E-state index >= 15 is 0 Å². The van der Waals surface area contributed by atoms with Crippen molar-refractivity contribution in [1.82, 2.24) is 9.80 Å². The molecule has 2 amide bonds. The number of ether oxygens (including phenoxy) is 2. The number of carbonyl (C=O) groups is 3. The van der Waals surface area contributed by atoms with Crippen LogP contribution in [0, 0.1) is 5.92 Å². The fraction of sp³-hybridized carbons (Fsp3) is 0.812. The topological polar surface area (TPSA) is 76.2 Å². The van der Waals surface area contributed by atoms with Crippen LogP contribution < -0.4 is 0 Å². The van der Waals surface area contributed by atoms with Crippen LogP contribution in [0.2, 0.25) is 0 Å². The molecule has 23 heavy (non-hydrogen) atoms. The summed E-state index contributed by atoms with van der Waals surface area (Å²) in [7, 11) is 1.34. The van der Waals surface area contributed by atoms with Crippen LogP contribution in [0.1, 0.15) is 40.0 Å². The van der Waals surface area contributed by atoms with E-state index in [-0.39, 0.29) is 36.4 Å². The van der Waals surface area contributed by atoms with E-state index < -0.39 is 5.60 Å². The lowest BCUT2D eigenvalue weighted by molar-refractivity contribution is -0.145. The van der Waals surface area contributed by atoms with Gasteiger partial charge in [-0.15, -0.1) is 0 Å². The van der Waals surface area contributed by atoms with Gasteiger partial charge in [-0.3, -0.25) is 9.59 Å². The fourth-order valence-electron chi connectivity index (χ4n) is 3.10. The fourth-order valence-corrected chi connectivity index (χ4v) is 3.10. The van der Waals surface area contributed by atoms with E-state index in [0.717, 1.165) is 0 Å². The lowest BCUT2D eigenvalue weighted by atomic mass is 10.0. The molecule has 2 heterocycles. The molecule has 2 rings (SSSR count). The van der Waals surface area contributed by atoms with E-state index in [1.807, 2.05) is 20.8 Å². The average Bonchev–Trinajstić information content (AvgIpc) is 2.87. The molecule has 130 valence electrons. The molecular weight excluding hydrogens is 300 g/mol. The minimum absolute atomic E-state index is 0.00359. The first kappa shape index (κ1) is 17.6. The molecule has 0 saturated carbocycles. The largest absolute Gasteiger partial charge is 0.469 e. The zero-order valence-corrected chi connectivity index (χ0v) is 14.3. The Bertz CT molecular complexity index is 477. The van der Waals surface area contributed by atoms with Gasteiger partial charge in [0.25, 0.3) is 0 Å². The molecule has 2 saturated heterocycles. The van der Waals surface area contributed by atoms with Crippen LogP contribution in [0.3, 0.4) is 0 Å². The minimum atomic E-state index is -0.507. The van der Waals surface area contributed by atoms with Crippen LogP contribution >= 0.6 is 0 Å². The van der Waals surface area contributed by atoms with Gasteiger partial charge in [-0.1, -0.05) is 0 Å². The molecule has 0 N–H and O–H groups in total. The van der Waals surface area contributed by atoms with Crippen LogP contribution in [0.5, 0.6) is 0 Å². The zero-order valence-electron chi connectivity index (χ0n) is 14.3. The number of carbonyl (C=O) groups excluding carboxylic acids is 3. The summed E-state index contributed by atoms with van der Waals surface area (Å²) in [6.45, 7) is 7.07. The Hall–Kier alpha value is -1.79. The molecule has 0 aromatic carbocycles. The maximum atomic E-state index is 12.1. The van der Waals surface area contributed by atoms with Crippen LogP contribution in [-0.2, 0) is 19.1 Å². The van der Waals surface area contributed by atoms with Crippen molar-refractivity contribution in [1.29, 1.82) is 0 Å². The smallest absolute Gasteiger partial charge is 0.410 e. The summed E-state index contributed by atoms with van der Waals surface area (Å²) in [5, 5.41) is 0. The number of esters is 1. The highest BCUT2D eigenvalue weighted by atomic mass is 16.6. The number of hydrogen-bond acceptors (Lipinski definition) is 5. The normalized spacial score (nSPS) is 23.1. The SMILES string of the molecule is COC(=O)C1CC(=O)N(C2CCN(C(=O)OC(C)(C)C)CC2)C1. The highest BCUT2D eigenvalue weighted by molar-refractivity contribution is 5.87. The Morgan fingerprint density at radius 3 is 2.30 bits per heavy atom. The van der Waals surface area contributed by atoms with E-state index in [1.54, 1.807) is 9.80 Å². The molecule has 0 radical (unpaired) electrons. The van der Waals surface area contributed by atoms with Gasteiger partial charge in [0, 0.05) is 32.1 Å². The van der Waals surface area contributed by atoms with Gasteiger partial charge in [0.05, 0.1) is 13.0 Å². The van der Waals surface area contributed by atoms with E-state index in [2.05, 4.69) is 0 Å². The van der Waals surface area contributed by atoms with E-state index in [0.29, 0.717) is 32.5 Å². The van der Waals surface area contributed by atoms with E-state index in [4.69, 9.17) is 9.47 Å². The third-order valence-corrected chi connectivity index (χ3v) is 4.25. The van der Waals surface area contributed by atoms with Crippen molar-refractivity contribution in [3.05, 3.63) is 0 Å². The summed E-state index contributed by atoms with van der Waals surface area (Å²) in [6, 6.07) is 0.0795. The van der Waals surface area contributed by atoms with Crippen molar-refractivity contribution >= 4 is 18.0 Å². The highest BCUT2D eigenvalue weighted by Crippen LogP contribution is 2.26. The van der Waals surface area contributed by atoms with Gasteiger partial charge in [0.2, 0.25) is 5.91 Å². The predicted octanol–water partition coefficient (Wildman–Crippen LogP) is 1.41. The van der Waals surface area contributed by atoms with Crippen LogP contribution in [0.4, 0.5) is 4.79 Å². The van der Waals surface area contributed by atoms with Crippen molar-refractivity contribution in [2.75, 3.05) is 26.7 Å². The molecule has 1 unspecified atom stereocenters.